The van der Waals surface area contributed by atoms with Crippen molar-refractivity contribution in [3.63, 3.8) is 0 Å². The van der Waals surface area contributed by atoms with E-state index in [-0.39, 0.29) is 5.75 Å². The Morgan fingerprint density at radius 3 is 2.76 bits per heavy atom. The number of pyridine rings is 1. The van der Waals surface area contributed by atoms with Gasteiger partial charge in [-0.15, -0.1) is 11.8 Å². The van der Waals surface area contributed by atoms with Crippen LogP contribution in [0.1, 0.15) is 5.56 Å². The van der Waals surface area contributed by atoms with E-state index in [0.717, 1.165) is 5.03 Å². The molecule has 1 heterocycles. The molecular weight excluding hydrogens is 238 g/mol. The molecule has 0 spiro atoms. The van der Waals surface area contributed by atoms with Gasteiger partial charge in [0.2, 0.25) is 5.43 Å². The standard InChI is InChI=1S/C12H11NO3S/c1-16-12-8(10(14)11(12)15)5-7-17-9-4-2-3-6-13-9/h2-4,6H,5,7H2,1H3. The number of methoxy groups -OCH3 is 1. The summed E-state index contributed by atoms with van der Waals surface area (Å²) in [5.41, 5.74) is -0.422. The first-order valence-electron chi connectivity index (χ1n) is 5.14. The van der Waals surface area contributed by atoms with E-state index in [9.17, 15) is 9.59 Å². The van der Waals surface area contributed by atoms with E-state index in [1.54, 1.807) is 18.0 Å². The van der Waals surface area contributed by atoms with E-state index < -0.39 is 10.9 Å². The van der Waals surface area contributed by atoms with Crippen molar-refractivity contribution in [3.8, 4) is 5.75 Å². The summed E-state index contributed by atoms with van der Waals surface area (Å²) < 4.78 is 4.87. The molecule has 0 unspecified atom stereocenters. The first-order valence-corrected chi connectivity index (χ1v) is 6.12. The number of ether oxygens (including phenoxy) is 1. The lowest BCUT2D eigenvalue weighted by molar-refractivity contribution is 0.399. The number of hydrogen-bond donors (Lipinski definition) is 0. The van der Waals surface area contributed by atoms with Crippen LogP contribution in [-0.2, 0) is 6.42 Å². The first-order chi connectivity index (χ1) is 8.24. The van der Waals surface area contributed by atoms with Crippen LogP contribution in [0.15, 0.2) is 39.0 Å². The predicted molar refractivity (Wildman–Crippen MR) is 66.6 cm³/mol. The molecule has 5 heteroatoms. The molecule has 2 aromatic rings. The largest absolute Gasteiger partial charge is 0.492 e. The van der Waals surface area contributed by atoms with Crippen molar-refractivity contribution in [2.24, 2.45) is 0 Å². The number of rotatable bonds is 5. The van der Waals surface area contributed by atoms with Crippen molar-refractivity contribution in [1.82, 2.24) is 4.98 Å². The van der Waals surface area contributed by atoms with Gasteiger partial charge in [0, 0.05) is 11.9 Å². The Kier molecular flexibility index (Phi) is 3.58. The highest BCUT2D eigenvalue weighted by Gasteiger charge is 2.20. The Bertz CT molecular complexity index is 573. The van der Waals surface area contributed by atoms with Gasteiger partial charge in [-0.3, -0.25) is 9.59 Å². The van der Waals surface area contributed by atoms with Gasteiger partial charge < -0.3 is 4.74 Å². The van der Waals surface area contributed by atoms with Crippen LogP contribution < -0.4 is 15.6 Å². The summed E-state index contributed by atoms with van der Waals surface area (Å²) >= 11 is 1.55. The summed E-state index contributed by atoms with van der Waals surface area (Å²) in [5, 5.41) is 0.908. The van der Waals surface area contributed by atoms with Crippen molar-refractivity contribution >= 4 is 11.8 Å². The topological polar surface area (TPSA) is 56.3 Å². The van der Waals surface area contributed by atoms with Crippen LogP contribution in [0, 0.1) is 0 Å². The zero-order valence-electron chi connectivity index (χ0n) is 9.30. The Balaban J connectivity index is 1.93. The summed E-state index contributed by atoms with van der Waals surface area (Å²) in [6.07, 6.45) is 2.26. The van der Waals surface area contributed by atoms with Crippen LogP contribution in [0.2, 0.25) is 0 Å². The molecule has 0 amide bonds. The second kappa shape index (κ2) is 5.14. The minimum Gasteiger partial charge on any atom is -0.492 e. The number of nitrogens with zero attached hydrogens (tertiary/aromatic N) is 1. The molecule has 2 rings (SSSR count). The SMILES string of the molecule is COc1c(CCSc2ccccn2)c(=O)c1=O. The molecule has 0 aliphatic carbocycles. The smallest absolute Gasteiger partial charge is 0.268 e. The molecule has 0 radical (unpaired) electrons. The average Bonchev–Trinajstić information content (AvgIpc) is 2.38. The van der Waals surface area contributed by atoms with E-state index in [1.807, 2.05) is 18.2 Å². The van der Waals surface area contributed by atoms with Gasteiger partial charge in [0.05, 0.1) is 17.7 Å². The van der Waals surface area contributed by atoms with Gasteiger partial charge in [-0.2, -0.15) is 0 Å². The van der Waals surface area contributed by atoms with Gasteiger partial charge in [-0.25, -0.2) is 4.98 Å². The third kappa shape index (κ3) is 2.39. The minimum absolute atomic E-state index is 0.219. The summed E-state index contributed by atoms with van der Waals surface area (Å²) in [4.78, 5) is 26.5. The van der Waals surface area contributed by atoms with E-state index in [0.29, 0.717) is 17.7 Å². The van der Waals surface area contributed by atoms with E-state index in [4.69, 9.17) is 4.74 Å². The lowest BCUT2D eigenvalue weighted by atomic mass is 10.1. The van der Waals surface area contributed by atoms with E-state index >= 15 is 0 Å². The fraction of sp³-hybridized carbons (Fsp3) is 0.250. The Labute approximate surface area is 102 Å². The predicted octanol–water partition coefficient (Wildman–Crippen LogP) is 1.02. The highest BCUT2D eigenvalue weighted by molar-refractivity contribution is 7.99. The quantitative estimate of drug-likeness (QED) is 0.585. The molecule has 0 atom stereocenters. The van der Waals surface area contributed by atoms with Gasteiger partial charge in [0.15, 0.2) is 5.75 Å². The molecule has 88 valence electrons. The van der Waals surface area contributed by atoms with Crippen LogP contribution >= 0.6 is 11.8 Å². The van der Waals surface area contributed by atoms with Crippen molar-refractivity contribution in [2.75, 3.05) is 12.9 Å². The molecule has 0 N–H and O–H groups in total. The van der Waals surface area contributed by atoms with Crippen LogP contribution in [0.4, 0.5) is 0 Å². The van der Waals surface area contributed by atoms with Crippen LogP contribution in [0.25, 0.3) is 0 Å². The molecule has 0 bridgehead atoms. The maximum Gasteiger partial charge on any atom is 0.268 e. The number of aromatic nitrogens is 1. The molecule has 0 saturated heterocycles. The lowest BCUT2D eigenvalue weighted by Gasteiger charge is -2.08. The minimum atomic E-state index is -0.509. The van der Waals surface area contributed by atoms with Gasteiger partial charge in [-0.05, 0) is 18.6 Å². The molecule has 0 fully saturated rings. The normalized spacial score (nSPS) is 10.6. The third-order valence-electron chi connectivity index (χ3n) is 2.40. The molecule has 0 aliphatic heterocycles. The van der Waals surface area contributed by atoms with Gasteiger partial charge in [-0.1, -0.05) is 6.07 Å². The van der Waals surface area contributed by atoms with E-state index in [1.165, 1.54) is 7.11 Å². The van der Waals surface area contributed by atoms with Crippen molar-refractivity contribution in [1.29, 1.82) is 0 Å². The molecular formula is C12H11NO3S. The summed E-state index contributed by atoms with van der Waals surface area (Å²) in [6, 6.07) is 5.67. The summed E-state index contributed by atoms with van der Waals surface area (Å²) in [7, 11) is 1.41. The molecule has 4 nitrogen and oxygen atoms in total. The zero-order chi connectivity index (χ0) is 12.3. The molecule has 1 aromatic carbocycles. The third-order valence-corrected chi connectivity index (χ3v) is 3.35. The Morgan fingerprint density at radius 1 is 1.29 bits per heavy atom. The highest BCUT2D eigenvalue weighted by Crippen LogP contribution is 2.18. The highest BCUT2D eigenvalue weighted by atomic mass is 32.2. The number of thioether (sulfide) groups is 1. The summed E-state index contributed by atoms with van der Waals surface area (Å²) in [6.45, 7) is 0. The van der Waals surface area contributed by atoms with Crippen LogP contribution in [-0.4, -0.2) is 17.8 Å². The van der Waals surface area contributed by atoms with E-state index in [2.05, 4.69) is 4.98 Å². The number of hydrogen-bond acceptors (Lipinski definition) is 5. The monoisotopic (exact) mass is 249 g/mol. The Hall–Kier alpha value is -1.62. The van der Waals surface area contributed by atoms with Gasteiger partial charge in [0.25, 0.3) is 5.43 Å². The lowest BCUT2D eigenvalue weighted by Crippen LogP contribution is -2.36. The zero-order valence-corrected chi connectivity index (χ0v) is 10.1. The second-order valence-corrected chi connectivity index (χ2v) is 4.55. The molecule has 0 saturated carbocycles. The maximum absolute atomic E-state index is 11.3. The first kappa shape index (κ1) is 11.9. The average molecular weight is 249 g/mol. The molecule has 17 heavy (non-hydrogen) atoms. The molecule has 0 aliphatic rings. The fourth-order valence-corrected chi connectivity index (χ4v) is 2.38. The maximum atomic E-state index is 11.3. The van der Waals surface area contributed by atoms with Gasteiger partial charge in [0.1, 0.15) is 0 Å². The van der Waals surface area contributed by atoms with Crippen LogP contribution in [0.3, 0.4) is 0 Å². The van der Waals surface area contributed by atoms with Crippen LogP contribution in [0.5, 0.6) is 5.75 Å². The van der Waals surface area contributed by atoms with Crippen molar-refractivity contribution < 1.29 is 4.74 Å². The molecule has 1 aromatic heterocycles. The van der Waals surface area contributed by atoms with Crippen molar-refractivity contribution in [2.45, 2.75) is 11.4 Å². The second-order valence-electron chi connectivity index (χ2n) is 3.44. The summed E-state index contributed by atoms with van der Waals surface area (Å²) in [5.74, 6) is 0.926. The fourth-order valence-electron chi connectivity index (χ4n) is 1.55. The van der Waals surface area contributed by atoms with Crippen molar-refractivity contribution in [3.05, 3.63) is 50.4 Å². The van der Waals surface area contributed by atoms with Gasteiger partial charge >= 0.3 is 0 Å². The Morgan fingerprint density at radius 2 is 2.12 bits per heavy atom.